The van der Waals surface area contributed by atoms with Crippen LogP contribution in [0.1, 0.15) is 110 Å². The first-order valence-electron chi connectivity index (χ1n) is 22.4. The molecule has 0 bridgehead atoms. The standard InChI is InChI=1S/C46H61F2N7O8/c1-28-20-34-32(23-50-55(34)35-13-8-9-18-58-35)36(31(28)14-19-59-43(57)60-26-29-12-10-16-53(24-29)42(56)63-45(5,6)7)39-37(48)38-33(22-49-39)40(62-44(2,3)4)52-41(51-38)61-27-46-15-11-17-54(46)25-30(47)21-46/h20,22-23,29-30,35H,8-19,21,24-27H2,1-7H3/t29-,30-,35?,46+/m1/s1. The fraction of sp³-hybridized carbons (Fsp3) is 0.652. The fourth-order valence-electron chi connectivity index (χ4n) is 9.52. The van der Waals surface area contributed by atoms with Crippen molar-refractivity contribution in [2.75, 3.05) is 52.6 Å². The van der Waals surface area contributed by atoms with Crippen LogP contribution in [0.4, 0.5) is 18.4 Å². The Morgan fingerprint density at radius 2 is 1.79 bits per heavy atom. The molecule has 1 amide bonds. The zero-order chi connectivity index (χ0) is 44.7. The largest absolute Gasteiger partial charge is 0.508 e. The molecule has 15 nitrogen and oxygen atoms in total. The number of carbonyl (C=O) groups excluding carboxylic acids is 2. The molecule has 4 saturated heterocycles. The Bertz CT molecular complexity index is 2320. The van der Waals surface area contributed by atoms with Crippen LogP contribution in [0.15, 0.2) is 18.5 Å². The maximum Gasteiger partial charge on any atom is 0.508 e. The number of piperidine rings is 1. The minimum absolute atomic E-state index is 0.0210. The van der Waals surface area contributed by atoms with Crippen molar-refractivity contribution in [3.05, 3.63) is 35.4 Å². The summed E-state index contributed by atoms with van der Waals surface area (Å²) in [5.41, 5.74) is 0.929. The molecule has 0 aliphatic carbocycles. The molecule has 0 spiro atoms. The number of pyridine rings is 1. The van der Waals surface area contributed by atoms with Gasteiger partial charge in [0.15, 0.2) is 12.0 Å². The van der Waals surface area contributed by atoms with Gasteiger partial charge >= 0.3 is 18.3 Å². The summed E-state index contributed by atoms with van der Waals surface area (Å²) < 4.78 is 69.4. The highest BCUT2D eigenvalue weighted by Gasteiger charge is 2.49. The van der Waals surface area contributed by atoms with E-state index in [4.69, 9.17) is 38.5 Å². The molecule has 4 aliphatic rings. The van der Waals surface area contributed by atoms with Crippen molar-refractivity contribution < 1.29 is 46.8 Å². The van der Waals surface area contributed by atoms with Gasteiger partial charge in [-0.2, -0.15) is 15.1 Å². The highest BCUT2D eigenvalue weighted by Crippen LogP contribution is 2.42. The van der Waals surface area contributed by atoms with E-state index in [9.17, 15) is 14.0 Å². The lowest BCUT2D eigenvalue weighted by Gasteiger charge is -2.33. The van der Waals surface area contributed by atoms with Crippen molar-refractivity contribution in [1.29, 1.82) is 0 Å². The Kier molecular flexibility index (Phi) is 12.7. The topological polar surface area (TPSA) is 152 Å². The van der Waals surface area contributed by atoms with Crippen LogP contribution in [0.2, 0.25) is 0 Å². The first-order chi connectivity index (χ1) is 30.0. The first kappa shape index (κ1) is 44.7. The highest BCUT2D eigenvalue weighted by molar-refractivity contribution is 5.99. The summed E-state index contributed by atoms with van der Waals surface area (Å²) in [6.07, 6.45) is 7.36. The molecule has 1 aromatic carbocycles. The van der Waals surface area contributed by atoms with E-state index in [1.54, 1.807) is 11.1 Å². The van der Waals surface area contributed by atoms with Crippen molar-refractivity contribution in [3.63, 3.8) is 0 Å². The molecular weight excluding hydrogens is 817 g/mol. The van der Waals surface area contributed by atoms with Crippen molar-refractivity contribution in [2.24, 2.45) is 5.92 Å². The van der Waals surface area contributed by atoms with E-state index in [0.29, 0.717) is 49.2 Å². The number of benzene rings is 1. The molecule has 17 heteroatoms. The summed E-state index contributed by atoms with van der Waals surface area (Å²) in [6.45, 7) is 16.0. The zero-order valence-electron chi connectivity index (χ0n) is 37.6. The molecule has 4 fully saturated rings. The number of carbonyl (C=O) groups is 2. The van der Waals surface area contributed by atoms with Crippen molar-refractivity contribution in [2.45, 2.75) is 135 Å². The number of rotatable bonds is 11. The van der Waals surface area contributed by atoms with Crippen molar-refractivity contribution in [3.8, 4) is 23.1 Å². The average Bonchev–Trinajstić information content (AvgIpc) is 3.91. The Morgan fingerprint density at radius 1 is 0.968 bits per heavy atom. The molecule has 4 atom stereocenters. The third kappa shape index (κ3) is 9.93. The van der Waals surface area contributed by atoms with Gasteiger partial charge in [0.05, 0.1) is 35.9 Å². The molecule has 4 aromatic rings. The lowest BCUT2D eigenvalue weighted by atomic mass is 9.93. The highest BCUT2D eigenvalue weighted by atomic mass is 19.1. The van der Waals surface area contributed by atoms with Crippen molar-refractivity contribution in [1.82, 2.24) is 34.5 Å². The van der Waals surface area contributed by atoms with E-state index < -0.39 is 34.9 Å². The van der Waals surface area contributed by atoms with Crippen LogP contribution in [0.5, 0.6) is 11.9 Å². The van der Waals surface area contributed by atoms with Crippen LogP contribution in [0.25, 0.3) is 33.1 Å². The van der Waals surface area contributed by atoms with E-state index >= 15 is 4.39 Å². The smallest absolute Gasteiger partial charge is 0.471 e. The predicted molar refractivity (Wildman–Crippen MR) is 230 cm³/mol. The van der Waals surface area contributed by atoms with Crippen LogP contribution in [-0.2, 0) is 25.4 Å². The van der Waals surface area contributed by atoms with Crippen LogP contribution in [0.3, 0.4) is 0 Å². The molecule has 0 radical (unpaired) electrons. The summed E-state index contributed by atoms with van der Waals surface area (Å²) >= 11 is 0. The van der Waals surface area contributed by atoms with Gasteiger partial charge in [-0.3, -0.25) is 9.88 Å². The predicted octanol–water partition coefficient (Wildman–Crippen LogP) is 8.66. The molecule has 7 heterocycles. The number of fused-ring (bicyclic) bond motifs is 3. The minimum atomic E-state index is -0.942. The number of alkyl halides is 1. The minimum Gasteiger partial charge on any atom is -0.471 e. The molecule has 63 heavy (non-hydrogen) atoms. The van der Waals surface area contributed by atoms with Gasteiger partial charge < -0.3 is 33.3 Å². The third-order valence-corrected chi connectivity index (χ3v) is 12.3. The number of aromatic nitrogens is 5. The quantitative estimate of drug-likeness (QED) is 0.132. The molecule has 4 aliphatic heterocycles. The summed E-state index contributed by atoms with van der Waals surface area (Å²) in [7, 11) is 0. The summed E-state index contributed by atoms with van der Waals surface area (Å²) in [5.74, 6) is -0.662. The summed E-state index contributed by atoms with van der Waals surface area (Å²) in [5, 5.41) is 5.66. The van der Waals surface area contributed by atoms with E-state index in [2.05, 4.69) is 14.9 Å². The normalized spacial score (nSPS) is 23.3. The zero-order valence-corrected chi connectivity index (χ0v) is 37.6. The number of aryl methyl sites for hydroxylation is 1. The maximum absolute atomic E-state index is 17.5. The Balaban J connectivity index is 1.08. The number of likely N-dealkylation sites (tertiary alicyclic amines) is 1. The molecule has 342 valence electrons. The van der Waals surface area contributed by atoms with E-state index in [-0.39, 0.29) is 73.0 Å². The van der Waals surface area contributed by atoms with Gasteiger partial charge in [-0.25, -0.2) is 23.1 Å². The van der Waals surface area contributed by atoms with Gasteiger partial charge in [0.2, 0.25) is 5.88 Å². The van der Waals surface area contributed by atoms with Gasteiger partial charge in [-0.1, -0.05) is 0 Å². The van der Waals surface area contributed by atoms with E-state index in [0.717, 1.165) is 62.6 Å². The second kappa shape index (κ2) is 17.9. The van der Waals surface area contributed by atoms with Crippen LogP contribution in [0, 0.1) is 18.7 Å². The average molecular weight is 878 g/mol. The van der Waals surface area contributed by atoms with Gasteiger partial charge in [-0.05, 0) is 117 Å². The molecule has 0 saturated carbocycles. The summed E-state index contributed by atoms with van der Waals surface area (Å²) in [6, 6.07) is 1.92. The van der Waals surface area contributed by atoms with E-state index in [1.165, 1.54) is 6.20 Å². The number of nitrogens with zero attached hydrogens (tertiary/aromatic N) is 7. The molecule has 8 rings (SSSR count). The molecule has 1 unspecified atom stereocenters. The lowest BCUT2D eigenvalue weighted by molar-refractivity contribution is -0.0366. The Labute approximate surface area is 367 Å². The van der Waals surface area contributed by atoms with Gasteiger partial charge in [0, 0.05) is 62.1 Å². The number of hydrogen-bond acceptors (Lipinski definition) is 13. The first-order valence-corrected chi connectivity index (χ1v) is 22.4. The Morgan fingerprint density at radius 3 is 2.56 bits per heavy atom. The molecule has 0 N–H and O–H groups in total. The second-order valence-corrected chi connectivity index (χ2v) is 19.6. The van der Waals surface area contributed by atoms with E-state index in [1.807, 2.05) is 59.2 Å². The van der Waals surface area contributed by atoms with Crippen LogP contribution < -0.4 is 9.47 Å². The van der Waals surface area contributed by atoms with Crippen LogP contribution in [-0.4, -0.2) is 122 Å². The van der Waals surface area contributed by atoms with Crippen LogP contribution >= 0.6 is 0 Å². The van der Waals surface area contributed by atoms with Gasteiger partial charge in [-0.15, -0.1) is 0 Å². The third-order valence-electron chi connectivity index (χ3n) is 12.3. The number of ether oxygens (including phenoxy) is 6. The monoisotopic (exact) mass is 877 g/mol. The maximum atomic E-state index is 17.5. The lowest BCUT2D eigenvalue weighted by Crippen LogP contribution is -2.44. The fourth-order valence-corrected chi connectivity index (χ4v) is 9.52. The number of hydrogen-bond donors (Lipinski definition) is 0. The SMILES string of the molecule is Cc1cc2c(cnn2C2CCCCO2)c(-c2ncc3c(OC(C)(C)C)nc(OC[C@@]45CCCN4C[C@H](F)C5)nc3c2F)c1CCOC(=O)OC[C@@H]1CCCN(C(=O)OC(C)(C)C)C1. The number of amides is 1. The Hall–Kier alpha value is -4.90. The van der Waals surface area contributed by atoms with Gasteiger partial charge in [0.25, 0.3) is 0 Å². The second-order valence-electron chi connectivity index (χ2n) is 19.6. The number of halogens is 2. The molecular formula is C46H61F2N7O8. The van der Waals surface area contributed by atoms with Gasteiger partial charge in [0.1, 0.15) is 35.2 Å². The van der Waals surface area contributed by atoms with Crippen molar-refractivity contribution >= 4 is 34.1 Å². The summed E-state index contributed by atoms with van der Waals surface area (Å²) in [4.78, 5) is 43.4. The molecule has 3 aromatic heterocycles.